The molecule has 112 valence electrons. The quantitative estimate of drug-likeness (QED) is 0.326. The number of para-hydroxylation sites is 1. The van der Waals surface area contributed by atoms with E-state index in [1.807, 2.05) is 24.3 Å². The predicted octanol–water partition coefficient (Wildman–Crippen LogP) is 2.94. The van der Waals surface area contributed by atoms with Gasteiger partial charge in [-0.1, -0.05) is 37.8 Å². The summed E-state index contributed by atoms with van der Waals surface area (Å²) in [5.74, 6) is 1.68. The molecule has 0 fully saturated rings. The Morgan fingerprint density at radius 1 is 1.35 bits per heavy atom. The zero-order chi connectivity index (χ0) is 13.9. The summed E-state index contributed by atoms with van der Waals surface area (Å²) in [5.41, 5.74) is 1.10. The average molecular weight is 389 g/mol. The lowest BCUT2D eigenvalue weighted by molar-refractivity contribution is 0.358. The predicted molar refractivity (Wildman–Crippen MR) is 96.0 cm³/mol. The Morgan fingerprint density at radius 3 is 2.75 bits per heavy atom. The molecule has 0 aromatic heterocycles. The molecule has 5 heteroatoms. The second kappa shape index (κ2) is 11.6. The van der Waals surface area contributed by atoms with E-state index in [9.17, 15) is 0 Å². The smallest absolute Gasteiger partial charge is 0.191 e. The molecule has 0 radical (unpaired) electrons. The van der Waals surface area contributed by atoms with Crippen LogP contribution in [0.4, 0.5) is 0 Å². The Bertz CT molecular complexity index is 421. The number of ether oxygens (including phenoxy) is 1. The summed E-state index contributed by atoms with van der Waals surface area (Å²) < 4.78 is 5.62. The van der Waals surface area contributed by atoms with Gasteiger partial charge in [0.1, 0.15) is 12.4 Å². The van der Waals surface area contributed by atoms with Crippen molar-refractivity contribution in [1.82, 2.24) is 10.6 Å². The van der Waals surface area contributed by atoms with E-state index in [0.717, 1.165) is 30.2 Å². The van der Waals surface area contributed by atoms with Crippen molar-refractivity contribution < 1.29 is 4.74 Å². The topological polar surface area (TPSA) is 45.6 Å². The van der Waals surface area contributed by atoms with Gasteiger partial charge in [0.15, 0.2) is 5.96 Å². The first-order valence-electron chi connectivity index (χ1n) is 6.58. The Morgan fingerprint density at radius 2 is 2.10 bits per heavy atom. The van der Waals surface area contributed by atoms with Gasteiger partial charge in [0.05, 0.1) is 0 Å². The number of nitrogens with zero attached hydrogens (tertiary/aromatic N) is 1. The molecule has 20 heavy (non-hydrogen) atoms. The van der Waals surface area contributed by atoms with Crippen molar-refractivity contribution in [3.05, 3.63) is 42.5 Å². The van der Waals surface area contributed by atoms with Gasteiger partial charge in [0.2, 0.25) is 0 Å². The molecule has 0 aliphatic rings. The highest BCUT2D eigenvalue weighted by Crippen LogP contribution is 2.17. The highest BCUT2D eigenvalue weighted by atomic mass is 127. The Kier molecular flexibility index (Phi) is 10.9. The maximum Gasteiger partial charge on any atom is 0.191 e. The van der Waals surface area contributed by atoms with Crippen LogP contribution in [-0.4, -0.2) is 26.2 Å². The molecule has 0 aliphatic carbocycles. The molecular weight excluding hydrogens is 365 g/mol. The van der Waals surface area contributed by atoms with E-state index in [4.69, 9.17) is 4.74 Å². The lowest BCUT2D eigenvalue weighted by atomic mass is 10.2. The van der Waals surface area contributed by atoms with Crippen LogP contribution in [0.15, 0.2) is 41.9 Å². The van der Waals surface area contributed by atoms with E-state index >= 15 is 0 Å². The first-order chi connectivity index (χ1) is 9.31. The van der Waals surface area contributed by atoms with E-state index in [2.05, 4.69) is 29.1 Å². The van der Waals surface area contributed by atoms with Crippen LogP contribution in [0.5, 0.6) is 5.75 Å². The fourth-order valence-electron chi connectivity index (χ4n) is 1.58. The Labute approximate surface area is 138 Å². The van der Waals surface area contributed by atoms with Crippen molar-refractivity contribution in [2.75, 3.05) is 20.2 Å². The van der Waals surface area contributed by atoms with Crippen molar-refractivity contribution in [2.24, 2.45) is 4.99 Å². The summed E-state index contributed by atoms with van der Waals surface area (Å²) in [5, 5.41) is 6.50. The van der Waals surface area contributed by atoms with Crippen LogP contribution in [0, 0.1) is 0 Å². The number of aliphatic imine (C=N–C) groups is 1. The molecule has 0 saturated heterocycles. The number of benzene rings is 1. The third kappa shape index (κ3) is 6.79. The van der Waals surface area contributed by atoms with E-state index in [1.54, 1.807) is 13.1 Å². The largest absolute Gasteiger partial charge is 0.489 e. The number of guanidine groups is 1. The van der Waals surface area contributed by atoms with Crippen LogP contribution < -0.4 is 15.4 Å². The average Bonchev–Trinajstić information content (AvgIpc) is 2.46. The normalized spacial score (nSPS) is 10.4. The molecule has 1 aromatic rings. The summed E-state index contributed by atoms with van der Waals surface area (Å²) in [6.45, 7) is 7.88. The molecule has 4 nitrogen and oxygen atoms in total. The molecule has 0 atom stereocenters. The molecule has 0 saturated carbocycles. The standard InChI is InChI=1S/C15H23N3O.HI/c1-4-10-17-15(16-3)18-12-13-8-6-7-9-14(13)19-11-5-2;/h5-9H,2,4,10-12H2,1,3H3,(H2,16,17,18);1H. The molecule has 1 aromatic carbocycles. The third-order valence-electron chi connectivity index (χ3n) is 2.54. The van der Waals surface area contributed by atoms with Crippen molar-refractivity contribution >= 4 is 29.9 Å². The molecule has 0 amide bonds. The number of hydrogen-bond donors (Lipinski definition) is 2. The van der Waals surface area contributed by atoms with Crippen LogP contribution in [0.2, 0.25) is 0 Å². The molecule has 0 aliphatic heterocycles. The van der Waals surface area contributed by atoms with Gasteiger partial charge in [-0.25, -0.2) is 0 Å². The lowest BCUT2D eigenvalue weighted by Crippen LogP contribution is -2.37. The number of nitrogens with one attached hydrogen (secondary N) is 2. The third-order valence-corrected chi connectivity index (χ3v) is 2.54. The van der Waals surface area contributed by atoms with Gasteiger partial charge >= 0.3 is 0 Å². The summed E-state index contributed by atoms with van der Waals surface area (Å²) in [6, 6.07) is 7.97. The summed E-state index contributed by atoms with van der Waals surface area (Å²) >= 11 is 0. The fraction of sp³-hybridized carbons (Fsp3) is 0.400. The van der Waals surface area contributed by atoms with E-state index in [-0.39, 0.29) is 24.0 Å². The van der Waals surface area contributed by atoms with Crippen molar-refractivity contribution in [1.29, 1.82) is 0 Å². The maximum atomic E-state index is 5.62. The Balaban J connectivity index is 0.00000361. The maximum absolute atomic E-state index is 5.62. The minimum atomic E-state index is 0. The van der Waals surface area contributed by atoms with Gasteiger partial charge in [-0.15, -0.1) is 24.0 Å². The minimum absolute atomic E-state index is 0. The zero-order valence-electron chi connectivity index (χ0n) is 12.2. The minimum Gasteiger partial charge on any atom is -0.489 e. The summed E-state index contributed by atoms with van der Waals surface area (Å²) in [7, 11) is 1.77. The van der Waals surface area contributed by atoms with Gasteiger partial charge in [0, 0.05) is 25.7 Å². The van der Waals surface area contributed by atoms with Crippen molar-refractivity contribution in [2.45, 2.75) is 19.9 Å². The monoisotopic (exact) mass is 389 g/mol. The summed E-state index contributed by atoms with van der Waals surface area (Å²) in [4.78, 5) is 4.17. The summed E-state index contributed by atoms with van der Waals surface area (Å²) in [6.07, 6.45) is 2.81. The van der Waals surface area contributed by atoms with Gasteiger partial charge in [-0.05, 0) is 12.5 Å². The van der Waals surface area contributed by atoms with Crippen LogP contribution in [0.25, 0.3) is 0 Å². The SMILES string of the molecule is C=CCOc1ccccc1CNC(=NC)NCCC.I. The van der Waals surface area contributed by atoms with Crippen LogP contribution >= 0.6 is 24.0 Å². The number of rotatable bonds is 7. The molecule has 0 unspecified atom stereocenters. The van der Waals surface area contributed by atoms with Crippen LogP contribution in [0.3, 0.4) is 0 Å². The highest BCUT2D eigenvalue weighted by molar-refractivity contribution is 14.0. The van der Waals surface area contributed by atoms with Crippen molar-refractivity contribution in [3.63, 3.8) is 0 Å². The molecule has 0 bridgehead atoms. The van der Waals surface area contributed by atoms with E-state index < -0.39 is 0 Å². The molecule has 1 rings (SSSR count). The van der Waals surface area contributed by atoms with E-state index in [0.29, 0.717) is 13.2 Å². The van der Waals surface area contributed by atoms with E-state index in [1.165, 1.54) is 0 Å². The molecule has 0 spiro atoms. The lowest BCUT2D eigenvalue weighted by Gasteiger charge is -2.13. The molecule has 2 N–H and O–H groups in total. The first-order valence-corrected chi connectivity index (χ1v) is 6.58. The molecular formula is C15H24IN3O. The molecule has 0 heterocycles. The van der Waals surface area contributed by atoms with Gasteiger partial charge in [-0.2, -0.15) is 0 Å². The van der Waals surface area contributed by atoms with Gasteiger partial charge < -0.3 is 15.4 Å². The first kappa shape index (κ1) is 18.8. The number of hydrogen-bond acceptors (Lipinski definition) is 2. The second-order valence-electron chi connectivity index (χ2n) is 4.06. The highest BCUT2D eigenvalue weighted by Gasteiger charge is 2.03. The fourth-order valence-corrected chi connectivity index (χ4v) is 1.58. The van der Waals surface area contributed by atoms with Gasteiger partial charge in [-0.3, -0.25) is 4.99 Å². The second-order valence-corrected chi connectivity index (χ2v) is 4.06. The van der Waals surface area contributed by atoms with Gasteiger partial charge in [0.25, 0.3) is 0 Å². The van der Waals surface area contributed by atoms with Crippen LogP contribution in [0.1, 0.15) is 18.9 Å². The Hall–Kier alpha value is -1.24. The zero-order valence-corrected chi connectivity index (χ0v) is 14.5. The number of halogens is 1. The van der Waals surface area contributed by atoms with Crippen LogP contribution in [-0.2, 0) is 6.54 Å². The van der Waals surface area contributed by atoms with Crippen molar-refractivity contribution in [3.8, 4) is 5.75 Å².